The van der Waals surface area contributed by atoms with E-state index in [-0.39, 0.29) is 30.4 Å². The van der Waals surface area contributed by atoms with E-state index in [9.17, 15) is 24.3 Å². The smallest absolute Gasteiger partial charge is 0.308 e. The number of rotatable bonds is 3. The maximum atomic E-state index is 14.2. The van der Waals surface area contributed by atoms with Crippen molar-refractivity contribution in [3.8, 4) is 5.75 Å². The number of allylic oxidation sites excluding steroid dienone is 1. The maximum absolute atomic E-state index is 14.2. The summed E-state index contributed by atoms with van der Waals surface area (Å²) in [6, 6.07) is 10.8. The normalized spacial score (nSPS) is 26.1. The second-order valence-corrected chi connectivity index (χ2v) is 12.8. The SMILES string of the molecule is CC1=CC(C)C(C)OC(=O)CC(c2ccc(O)cc2)NC(=O)C(Cc2c(Cl)[nH]c3ccccc23)N(C)C(=O)C(C)NC(=O)C(C)C1. The largest absolute Gasteiger partial charge is 0.508 e. The van der Waals surface area contributed by atoms with Crippen molar-refractivity contribution in [3.05, 3.63) is 76.5 Å². The molecule has 0 bridgehead atoms. The second-order valence-electron chi connectivity index (χ2n) is 12.4. The molecule has 46 heavy (non-hydrogen) atoms. The number of carbonyl (C=O) groups is 4. The van der Waals surface area contributed by atoms with Crippen molar-refractivity contribution < 1.29 is 29.0 Å². The molecule has 6 atom stereocenters. The van der Waals surface area contributed by atoms with Crippen molar-refractivity contribution in [2.45, 2.75) is 78.1 Å². The fraction of sp³-hybridized carbons (Fsp3) is 0.429. The lowest BCUT2D eigenvalue weighted by atomic mass is 9.96. The zero-order chi connectivity index (χ0) is 33.7. The Balaban J connectivity index is 1.76. The number of para-hydroxylation sites is 1. The van der Waals surface area contributed by atoms with Crippen molar-refractivity contribution in [3.63, 3.8) is 0 Å². The van der Waals surface area contributed by atoms with Gasteiger partial charge in [-0.3, -0.25) is 19.2 Å². The van der Waals surface area contributed by atoms with Gasteiger partial charge < -0.3 is 30.4 Å². The predicted molar refractivity (Wildman–Crippen MR) is 177 cm³/mol. The van der Waals surface area contributed by atoms with E-state index in [0.29, 0.717) is 22.7 Å². The lowest BCUT2D eigenvalue weighted by Crippen LogP contribution is -2.55. The molecule has 2 heterocycles. The number of ether oxygens (including phenoxy) is 1. The summed E-state index contributed by atoms with van der Waals surface area (Å²) in [5.41, 5.74) is 2.96. The molecule has 4 rings (SSSR count). The Bertz CT molecular complexity index is 1620. The highest BCUT2D eigenvalue weighted by atomic mass is 35.5. The molecule has 0 fully saturated rings. The number of nitrogens with zero attached hydrogens (tertiary/aromatic N) is 1. The van der Waals surface area contributed by atoms with E-state index in [4.69, 9.17) is 16.3 Å². The van der Waals surface area contributed by atoms with Gasteiger partial charge in [-0.1, -0.05) is 67.4 Å². The van der Waals surface area contributed by atoms with Gasteiger partial charge in [-0.2, -0.15) is 0 Å². The number of phenolic OH excluding ortho intramolecular Hbond substituents is 1. The summed E-state index contributed by atoms with van der Waals surface area (Å²) in [6.45, 7) is 9.04. The van der Waals surface area contributed by atoms with E-state index >= 15 is 0 Å². The number of aromatic nitrogens is 1. The number of cyclic esters (lactones) is 1. The first-order valence-electron chi connectivity index (χ1n) is 15.5. The third-order valence-corrected chi connectivity index (χ3v) is 8.99. The highest BCUT2D eigenvalue weighted by Crippen LogP contribution is 2.29. The number of aromatic amines is 1. The summed E-state index contributed by atoms with van der Waals surface area (Å²) in [5, 5.41) is 16.8. The van der Waals surface area contributed by atoms with Gasteiger partial charge in [0, 0.05) is 36.2 Å². The molecular formula is C35H43ClN4O6. The number of nitrogens with one attached hydrogen (secondary N) is 3. The van der Waals surface area contributed by atoms with Gasteiger partial charge in [-0.05, 0) is 56.5 Å². The van der Waals surface area contributed by atoms with Gasteiger partial charge in [0.1, 0.15) is 29.1 Å². The molecule has 3 aromatic rings. The van der Waals surface area contributed by atoms with Gasteiger partial charge in [0.25, 0.3) is 0 Å². The molecule has 246 valence electrons. The summed E-state index contributed by atoms with van der Waals surface area (Å²) >= 11 is 6.62. The number of benzene rings is 2. The molecule has 1 aliphatic heterocycles. The van der Waals surface area contributed by atoms with Crippen molar-refractivity contribution in [2.24, 2.45) is 11.8 Å². The van der Waals surface area contributed by atoms with Crippen LogP contribution in [0.1, 0.15) is 64.6 Å². The molecule has 10 nitrogen and oxygen atoms in total. The molecule has 1 aromatic heterocycles. The highest BCUT2D eigenvalue weighted by Gasteiger charge is 2.34. The molecular weight excluding hydrogens is 608 g/mol. The quantitative estimate of drug-likeness (QED) is 0.227. The van der Waals surface area contributed by atoms with Crippen LogP contribution in [0.3, 0.4) is 0 Å². The molecule has 3 amide bonds. The maximum Gasteiger partial charge on any atom is 0.308 e. The van der Waals surface area contributed by atoms with Crippen molar-refractivity contribution in [1.29, 1.82) is 0 Å². The zero-order valence-electron chi connectivity index (χ0n) is 27.1. The Morgan fingerprint density at radius 1 is 0.935 bits per heavy atom. The van der Waals surface area contributed by atoms with E-state index in [1.165, 1.54) is 24.1 Å². The molecule has 4 N–H and O–H groups in total. The molecule has 0 aliphatic carbocycles. The standard InChI is InChI=1S/C35H43ClN4O6/c1-19-15-20(2)23(5)46-31(42)18-29(24-11-13-25(41)14-12-24)39-34(44)30(17-27-26-9-7-8-10-28(26)38-32(27)36)40(6)35(45)22(4)37-33(43)21(3)16-19/h7-15,20-23,29-30,38,41H,16-18H2,1-6H3,(H,37,43)(H,39,44). The van der Waals surface area contributed by atoms with Crippen LogP contribution >= 0.6 is 11.6 Å². The lowest BCUT2D eigenvalue weighted by Gasteiger charge is -2.32. The second kappa shape index (κ2) is 14.9. The average molecular weight is 651 g/mol. The molecule has 1 aliphatic rings. The number of likely N-dealkylation sites (N-methyl/N-ethyl adjacent to an activating group) is 1. The third kappa shape index (κ3) is 8.28. The number of esters is 1. The minimum absolute atomic E-state index is 0.0324. The summed E-state index contributed by atoms with van der Waals surface area (Å²) in [5.74, 6) is -2.33. The van der Waals surface area contributed by atoms with E-state index in [1.54, 1.807) is 32.9 Å². The third-order valence-electron chi connectivity index (χ3n) is 8.67. The number of aromatic hydroxyl groups is 1. The van der Waals surface area contributed by atoms with Crippen LogP contribution in [-0.4, -0.2) is 63.9 Å². The van der Waals surface area contributed by atoms with Crippen molar-refractivity contribution in [2.75, 3.05) is 7.05 Å². The first-order valence-corrected chi connectivity index (χ1v) is 15.9. The number of hydrogen-bond acceptors (Lipinski definition) is 6. The lowest BCUT2D eigenvalue weighted by molar-refractivity contribution is -0.150. The molecule has 0 radical (unpaired) electrons. The van der Waals surface area contributed by atoms with Gasteiger partial charge in [-0.15, -0.1) is 0 Å². The number of H-pyrrole nitrogens is 1. The van der Waals surface area contributed by atoms with E-state index in [1.807, 2.05) is 44.2 Å². The average Bonchev–Trinajstić information content (AvgIpc) is 3.32. The Labute approximate surface area is 274 Å². The Hall–Kier alpha value is -4.31. The van der Waals surface area contributed by atoms with Crippen LogP contribution in [0.2, 0.25) is 5.15 Å². The van der Waals surface area contributed by atoms with Crippen molar-refractivity contribution >= 4 is 46.2 Å². The summed E-state index contributed by atoms with van der Waals surface area (Å²) in [4.78, 5) is 58.8. The minimum atomic E-state index is -1.07. The van der Waals surface area contributed by atoms with Gasteiger partial charge in [-0.25, -0.2) is 0 Å². The molecule has 0 saturated carbocycles. The molecule has 0 spiro atoms. The monoisotopic (exact) mass is 650 g/mol. The topological polar surface area (TPSA) is 141 Å². The van der Waals surface area contributed by atoms with Crippen LogP contribution < -0.4 is 10.6 Å². The first-order chi connectivity index (χ1) is 21.7. The number of hydrogen-bond donors (Lipinski definition) is 4. The van der Waals surface area contributed by atoms with E-state index < -0.39 is 47.9 Å². The number of amides is 3. The molecule has 11 heteroatoms. The molecule has 6 unspecified atom stereocenters. The highest BCUT2D eigenvalue weighted by molar-refractivity contribution is 6.31. The fourth-order valence-corrected chi connectivity index (χ4v) is 6.11. The van der Waals surface area contributed by atoms with Gasteiger partial charge in [0.15, 0.2) is 0 Å². The van der Waals surface area contributed by atoms with Crippen LogP contribution in [-0.2, 0) is 30.3 Å². The van der Waals surface area contributed by atoms with Crippen molar-refractivity contribution in [1.82, 2.24) is 20.5 Å². The summed E-state index contributed by atoms with van der Waals surface area (Å²) in [7, 11) is 1.51. The van der Waals surface area contributed by atoms with Gasteiger partial charge in [0.2, 0.25) is 17.7 Å². The summed E-state index contributed by atoms with van der Waals surface area (Å²) in [6.07, 6.45) is 1.84. The van der Waals surface area contributed by atoms with Crippen LogP contribution in [0.25, 0.3) is 10.9 Å². The van der Waals surface area contributed by atoms with Crippen LogP contribution in [0.15, 0.2) is 60.2 Å². The fourth-order valence-electron chi connectivity index (χ4n) is 5.83. The number of carbonyl (C=O) groups excluding carboxylic acids is 4. The Morgan fingerprint density at radius 2 is 1.61 bits per heavy atom. The molecule has 0 saturated heterocycles. The number of halogens is 1. The van der Waals surface area contributed by atoms with Gasteiger partial charge in [0.05, 0.1) is 12.5 Å². The molecule has 2 aromatic carbocycles. The van der Waals surface area contributed by atoms with E-state index in [0.717, 1.165) is 16.5 Å². The predicted octanol–water partition coefficient (Wildman–Crippen LogP) is 5.20. The van der Waals surface area contributed by atoms with Gasteiger partial charge >= 0.3 is 5.97 Å². The van der Waals surface area contributed by atoms with Crippen LogP contribution in [0.5, 0.6) is 5.75 Å². The van der Waals surface area contributed by atoms with Crippen LogP contribution in [0.4, 0.5) is 0 Å². The van der Waals surface area contributed by atoms with E-state index in [2.05, 4.69) is 15.6 Å². The zero-order valence-corrected chi connectivity index (χ0v) is 27.9. The number of fused-ring (bicyclic) bond motifs is 1. The van der Waals surface area contributed by atoms with Crippen LogP contribution in [0, 0.1) is 11.8 Å². The Kier molecular flexibility index (Phi) is 11.2. The first kappa shape index (κ1) is 34.6. The number of phenols is 1. The Morgan fingerprint density at radius 3 is 2.30 bits per heavy atom. The minimum Gasteiger partial charge on any atom is -0.508 e. The summed E-state index contributed by atoms with van der Waals surface area (Å²) < 4.78 is 5.79.